The first kappa shape index (κ1) is 20.6. The lowest BCUT2D eigenvalue weighted by Crippen LogP contribution is -2.45. The fourth-order valence-corrected chi connectivity index (χ4v) is 4.10. The normalized spacial score (nSPS) is 19.1. The average Bonchev–Trinajstić information content (AvgIpc) is 3.14. The molecule has 1 aliphatic heterocycles. The highest BCUT2D eigenvalue weighted by Gasteiger charge is 2.39. The number of carbonyl (C=O) groups excluding carboxylic acids is 2. The Labute approximate surface area is 167 Å². The number of likely N-dealkylation sites (tertiary alicyclic amines) is 1. The van der Waals surface area contributed by atoms with Gasteiger partial charge >= 0.3 is 0 Å². The van der Waals surface area contributed by atoms with Crippen LogP contribution < -0.4 is 10.1 Å². The predicted molar refractivity (Wildman–Crippen MR) is 108 cm³/mol. The number of nitrogens with one attached hydrogen (secondary N) is 1. The van der Waals surface area contributed by atoms with Crippen LogP contribution in [0.4, 0.5) is 5.69 Å². The largest absolute Gasteiger partial charge is 0.484 e. The van der Waals surface area contributed by atoms with E-state index in [1.165, 1.54) is 0 Å². The van der Waals surface area contributed by atoms with Gasteiger partial charge in [-0.2, -0.15) is 0 Å². The summed E-state index contributed by atoms with van der Waals surface area (Å²) in [6.45, 7) is 4.18. The number of benzene rings is 1. The number of amides is 2. The van der Waals surface area contributed by atoms with Crippen molar-refractivity contribution in [3.05, 3.63) is 24.3 Å². The van der Waals surface area contributed by atoms with E-state index in [9.17, 15) is 9.59 Å². The summed E-state index contributed by atoms with van der Waals surface area (Å²) in [5, 5.41) is 3.01. The Hall–Kier alpha value is -2.08. The summed E-state index contributed by atoms with van der Waals surface area (Å²) in [6, 6.07) is 7.19. The van der Waals surface area contributed by atoms with E-state index in [1.807, 2.05) is 24.0 Å². The maximum Gasteiger partial charge on any atom is 0.260 e. The highest BCUT2D eigenvalue weighted by atomic mass is 16.5. The summed E-state index contributed by atoms with van der Waals surface area (Å²) in [5.41, 5.74) is -0.00528. The van der Waals surface area contributed by atoms with Crippen molar-refractivity contribution in [3.63, 3.8) is 0 Å². The van der Waals surface area contributed by atoms with Crippen LogP contribution in [-0.4, -0.2) is 48.6 Å². The molecule has 0 bridgehead atoms. The standard InChI is InChI=1S/C22H32N2O4/c1-2-28-22(13-5-3-4-6-14-22)21(26)23-18-9-11-19(12-10-18)27-17-20(25)24-15-7-8-16-24/h9-12H,2-8,13-17H2,1H3,(H,23,26). The fraction of sp³-hybridized carbons (Fsp3) is 0.636. The van der Waals surface area contributed by atoms with Gasteiger partial charge in [-0.3, -0.25) is 9.59 Å². The minimum absolute atomic E-state index is 0.0295. The number of nitrogens with zero attached hydrogens (tertiary/aromatic N) is 1. The molecule has 1 heterocycles. The van der Waals surface area contributed by atoms with Crippen LogP contribution in [0.1, 0.15) is 58.3 Å². The SMILES string of the molecule is CCOC1(C(=O)Nc2ccc(OCC(=O)N3CCCC3)cc2)CCCCCC1. The molecule has 2 amide bonds. The van der Waals surface area contributed by atoms with E-state index < -0.39 is 5.60 Å². The lowest BCUT2D eigenvalue weighted by atomic mass is 9.93. The molecule has 154 valence electrons. The van der Waals surface area contributed by atoms with Gasteiger partial charge in [-0.05, 0) is 56.9 Å². The van der Waals surface area contributed by atoms with Crippen molar-refractivity contribution < 1.29 is 19.1 Å². The van der Waals surface area contributed by atoms with Crippen molar-refractivity contribution in [2.75, 3.05) is 31.6 Å². The molecular formula is C22H32N2O4. The Morgan fingerprint density at radius 1 is 1.00 bits per heavy atom. The van der Waals surface area contributed by atoms with Crippen LogP contribution in [-0.2, 0) is 14.3 Å². The maximum atomic E-state index is 13.0. The first-order valence-corrected chi connectivity index (χ1v) is 10.6. The topological polar surface area (TPSA) is 67.9 Å². The van der Waals surface area contributed by atoms with Crippen molar-refractivity contribution in [1.29, 1.82) is 0 Å². The molecule has 3 rings (SSSR count). The zero-order chi connectivity index (χ0) is 19.8. The Balaban J connectivity index is 1.55. The first-order valence-electron chi connectivity index (χ1n) is 10.6. The molecule has 0 aromatic heterocycles. The zero-order valence-electron chi connectivity index (χ0n) is 16.9. The average molecular weight is 389 g/mol. The van der Waals surface area contributed by atoms with Gasteiger partial charge < -0.3 is 19.7 Å². The van der Waals surface area contributed by atoms with Crippen molar-refractivity contribution in [2.24, 2.45) is 0 Å². The van der Waals surface area contributed by atoms with E-state index >= 15 is 0 Å². The monoisotopic (exact) mass is 388 g/mol. The molecule has 0 unspecified atom stereocenters. The molecule has 6 heteroatoms. The van der Waals surface area contributed by atoms with Gasteiger partial charge in [0, 0.05) is 25.4 Å². The second-order valence-electron chi connectivity index (χ2n) is 7.70. The molecule has 1 aromatic carbocycles. The second kappa shape index (κ2) is 9.92. The molecule has 0 atom stereocenters. The number of anilines is 1. The van der Waals surface area contributed by atoms with Crippen LogP contribution in [0.25, 0.3) is 0 Å². The minimum Gasteiger partial charge on any atom is -0.484 e. The minimum atomic E-state index is -0.720. The zero-order valence-corrected chi connectivity index (χ0v) is 16.9. The molecule has 1 aromatic rings. The van der Waals surface area contributed by atoms with Gasteiger partial charge in [-0.15, -0.1) is 0 Å². The van der Waals surface area contributed by atoms with Crippen molar-refractivity contribution >= 4 is 17.5 Å². The predicted octanol–water partition coefficient (Wildman–Crippen LogP) is 3.76. The molecule has 6 nitrogen and oxygen atoms in total. The highest BCUT2D eigenvalue weighted by Crippen LogP contribution is 2.32. The van der Waals surface area contributed by atoms with Crippen molar-refractivity contribution in [2.45, 2.75) is 63.9 Å². The summed E-state index contributed by atoms with van der Waals surface area (Å²) in [6.07, 6.45) is 8.04. The lowest BCUT2D eigenvalue weighted by Gasteiger charge is -2.31. The summed E-state index contributed by atoms with van der Waals surface area (Å²) >= 11 is 0. The van der Waals surface area contributed by atoms with Gasteiger partial charge in [-0.1, -0.05) is 25.7 Å². The Morgan fingerprint density at radius 3 is 2.25 bits per heavy atom. The van der Waals surface area contributed by atoms with Crippen LogP contribution in [0.5, 0.6) is 5.75 Å². The second-order valence-corrected chi connectivity index (χ2v) is 7.70. The highest BCUT2D eigenvalue weighted by molar-refractivity contribution is 5.97. The third kappa shape index (κ3) is 5.25. The Morgan fingerprint density at radius 2 is 1.64 bits per heavy atom. The van der Waals surface area contributed by atoms with Gasteiger partial charge in [-0.25, -0.2) is 0 Å². The molecule has 28 heavy (non-hydrogen) atoms. The molecule has 1 saturated carbocycles. The van der Waals surface area contributed by atoms with Gasteiger partial charge in [0.1, 0.15) is 11.4 Å². The van der Waals surface area contributed by atoms with Crippen LogP contribution in [0.15, 0.2) is 24.3 Å². The van der Waals surface area contributed by atoms with E-state index in [0.29, 0.717) is 18.0 Å². The molecule has 2 aliphatic rings. The Kier molecular flexibility index (Phi) is 7.31. The van der Waals surface area contributed by atoms with Gasteiger partial charge in [0.05, 0.1) is 0 Å². The summed E-state index contributed by atoms with van der Waals surface area (Å²) in [4.78, 5) is 26.9. The van der Waals surface area contributed by atoms with Crippen LogP contribution in [0.3, 0.4) is 0 Å². The summed E-state index contributed by atoms with van der Waals surface area (Å²) in [7, 11) is 0. The molecule has 1 aliphatic carbocycles. The van der Waals surface area contributed by atoms with Gasteiger partial charge in [0.15, 0.2) is 6.61 Å². The van der Waals surface area contributed by atoms with Gasteiger partial charge in [0.25, 0.3) is 11.8 Å². The van der Waals surface area contributed by atoms with Crippen LogP contribution >= 0.6 is 0 Å². The van der Waals surface area contributed by atoms with Crippen LogP contribution in [0.2, 0.25) is 0 Å². The van der Waals surface area contributed by atoms with Crippen LogP contribution in [0, 0.1) is 0 Å². The molecule has 1 saturated heterocycles. The quantitative estimate of drug-likeness (QED) is 0.722. The molecule has 0 spiro atoms. The van der Waals surface area contributed by atoms with E-state index in [1.54, 1.807) is 12.1 Å². The smallest absolute Gasteiger partial charge is 0.260 e. The lowest BCUT2D eigenvalue weighted by molar-refractivity contribution is -0.143. The van der Waals surface area contributed by atoms with E-state index in [4.69, 9.17) is 9.47 Å². The van der Waals surface area contributed by atoms with E-state index in [-0.39, 0.29) is 18.4 Å². The molecule has 2 fully saturated rings. The van der Waals surface area contributed by atoms with Crippen molar-refractivity contribution in [1.82, 2.24) is 4.90 Å². The third-order valence-corrected chi connectivity index (χ3v) is 5.68. The number of ether oxygens (including phenoxy) is 2. The third-order valence-electron chi connectivity index (χ3n) is 5.68. The van der Waals surface area contributed by atoms with E-state index in [0.717, 1.165) is 64.5 Å². The molecular weight excluding hydrogens is 356 g/mol. The fourth-order valence-electron chi connectivity index (χ4n) is 4.10. The summed E-state index contributed by atoms with van der Waals surface area (Å²) in [5.74, 6) is 0.593. The Bertz CT molecular complexity index is 645. The maximum absolute atomic E-state index is 13.0. The first-order chi connectivity index (χ1) is 13.6. The van der Waals surface area contributed by atoms with E-state index in [2.05, 4.69) is 5.32 Å². The molecule has 1 N–H and O–H groups in total. The molecule has 0 radical (unpaired) electrons. The number of hydrogen-bond donors (Lipinski definition) is 1. The van der Waals surface area contributed by atoms with Gasteiger partial charge in [0.2, 0.25) is 0 Å². The number of rotatable bonds is 7. The van der Waals surface area contributed by atoms with Crippen molar-refractivity contribution in [3.8, 4) is 5.75 Å². The number of carbonyl (C=O) groups is 2. The number of hydrogen-bond acceptors (Lipinski definition) is 4. The summed E-state index contributed by atoms with van der Waals surface area (Å²) < 4.78 is 11.5.